The lowest BCUT2D eigenvalue weighted by molar-refractivity contribution is -0.136. The maximum Gasteiger partial charge on any atom is 0.307 e. The minimum absolute atomic E-state index is 0.0487. The Hall–Kier alpha value is -2.21. The third kappa shape index (κ3) is 5.29. The van der Waals surface area contributed by atoms with E-state index in [1.807, 2.05) is 12.3 Å². The van der Waals surface area contributed by atoms with Crippen LogP contribution in [0, 0.1) is 6.92 Å². The zero-order chi connectivity index (χ0) is 15.9. The van der Waals surface area contributed by atoms with Crippen LogP contribution in [-0.2, 0) is 22.4 Å². The van der Waals surface area contributed by atoms with Gasteiger partial charge in [-0.05, 0) is 37.5 Å². The SMILES string of the molecule is Cc1nc(CCCC(=O)Nc2cccc(CC(=O)O)c2)cs1. The molecular formula is C16H18N2O3S. The van der Waals surface area contributed by atoms with Gasteiger partial charge in [0.25, 0.3) is 0 Å². The smallest absolute Gasteiger partial charge is 0.307 e. The molecule has 0 bridgehead atoms. The lowest BCUT2D eigenvalue weighted by Crippen LogP contribution is -2.12. The monoisotopic (exact) mass is 318 g/mol. The summed E-state index contributed by atoms with van der Waals surface area (Å²) in [5, 5.41) is 14.6. The lowest BCUT2D eigenvalue weighted by atomic mass is 10.1. The number of carboxylic acid groups (broad SMARTS) is 1. The van der Waals surface area contributed by atoms with Crippen molar-refractivity contribution in [3.8, 4) is 0 Å². The number of aliphatic carboxylic acids is 1. The first-order valence-corrected chi connectivity index (χ1v) is 7.92. The molecule has 0 fully saturated rings. The Morgan fingerprint density at radius 2 is 2.18 bits per heavy atom. The summed E-state index contributed by atoms with van der Waals surface area (Å²) in [7, 11) is 0. The number of amides is 1. The van der Waals surface area contributed by atoms with E-state index < -0.39 is 5.97 Å². The summed E-state index contributed by atoms with van der Waals surface area (Å²) in [6, 6.07) is 6.92. The zero-order valence-corrected chi connectivity index (χ0v) is 13.2. The molecule has 0 saturated heterocycles. The van der Waals surface area contributed by atoms with Crippen molar-refractivity contribution in [1.29, 1.82) is 0 Å². The third-order valence-corrected chi connectivity index (χ3v) is 3.89. The van der Waals surface area contributed by atoms with Crippen LogP contribution in [0.4, 0.5) is 5.69 Å². The fraction of sp³-hybridized carbons (Fsp3) is 0.312. The molecule has 2 rings (SSSR count). The molecule has 0 radical (unpaired) electrons. The van der Waals surface area contributed by atoms with Crippen LogP contribution in [0.3, 0.4) is 0 Å². The van der Waals surface area contributed by atoms with Crippen molar-refractivity contribution in [3.63, 3.8) is 0 Å². The number of nitrogens with one attached hydrogen (secondary N) is 1. The average molecular weight is 318 g/mol. The van der Waals surface area contributed by atoms with E-state index in [1.165, 1.54) is 0 Å². The van der Waals surface area contributed by atoms with Gasteiger partial charge >= 0.3 is 5.97 Å². The Morgan fingerprint density at radius 3 is 2.86 bits per heavy atom. The van der Waals surface area contributed by atoms with Crippen LogP contribution in [0.5, 0.6) is 0 Å². The van der Waals surface area contributed by atoms with Crippen molar-refractivity contribution in [2.75, 3.05) is 5.32 Å². The van der Waals surface area contributed by atoms with Crippen LogP contribution < -0.4 is 5.32 Å². The molecule has 5 nitrogen and oxygen atoms in total. The summed E-state index contributed by atoms with van der Waals surface area (Å²) in [5.41, 5.74) is 2.33. The van der Waals surface area contributed by atoms with E-state index in [0.29, 0.717) is 17.7 Å². The molecule has 2 N–H and O–H groups in total. The van der Waals surface area contributed by atoms with Crippen LogP contribution in [0.25, 0.3) is 0 Å². The quantitative estimate of drug-likeness (QED) is 0.822. The van der Waals surface area contributed by atoms with Gasteiger partial charge in [0.2, 0.25) is 5.91 Å². The minimum Gasteiger partial charge on any atom is -0.481 e. The first-order valence-electron chi connectivity index (χ1n) is 7.04. The number of hydrogen-bond donors (Lipinski definition) is 2. The van der Waals surface area contributed by atoms with Crippen LogP contribution in [0.1, 0.15) is 29.1 Å². The fourth-order valence-corrected chi connectivity index (χ4v) is 2.76. The highest BCUT2D eigenvalue weighted by Crippen LogP contribution is 2.13. The minimum atomic E-state index is -0.887. The highest BCUT2D eigenvalue weighted by Gasteiger charge is 2.06. The van der Waals surface area contributed by atoms with Crippen LogP contribution in [0.15, 0.2) is 29.6 Å². The van der Waals surface area contributed by atoms with E-state index in [-0.39, 0.29) is 12.3 Å². The number of carbonyl (C=O) groups is 2. The van der Waals surface area contributed by atoms with Gasteiger partial charge in [0.05, 0.1) is 17.1 Å². The predicted molar refractivity (Wildman–Crippen MR) is 86.2 cm³/mol. The number of thiazole rings is 1. The van der Waals surface area contributed by atoms with E-state index in [4.69, 9.17) is 5.11 Å². The van der Waals surface area contributed by atoms with Gasteiger partial charge in [0.15, 0.2) is 0 Å². The number of carboxylic acids is 1. The number of nitrogens with zero attached hydrogens (tertiary/aromatic N) is 1. The van der Waals surface area contributed by atoms with Gasteiger partial charge in [0.1, 0.15) is 0 Å². The third-order valence-electron chi connectivity index (χ3n) is 3.07. The van der Waals surface area contributed by atoms with Crippen molar-refractivity contribution < 1.29 is 14.7 Å². The van der Waals surface area contributed by atoms with E-state index in [0.717, 1.165) is 23.5 Å². The first kappa shape index (κ1) is 16.2. The number of aromatic nitrogens is 1. The van der Waals surface area contributed by atoms with Crippen LogP contribution >= 0.6 is 11.3 Å². The molecule has 1 heterocycles. The number of carbonyl (C=O) groups excluding carboxylic acids is 1. The molecule has 1 amide bonds. The van der Waals surface area contributed by atoms with Crippen molar-refractivity contribution in [3.05, 3.63) is 45.9 Å². The number of anilines is 1. The van der Waals surface area contributed by atoms with Crippen LogP contribution in [-0.4, -0.2) is 22.0 Å². The van der Waals surface area contributed by atoms with E-state index in [2.05, 4.69) is 10.3 Å². The molecule has 116 valence electrons. The maximum absolute atomic E-state index is 11.9. The maximum atomic E-state index is 11.9. The topological polar surface area (TPSA) is 79.3 Å². The Labute approximate surface area is 133 Å². The Morgan fingerprint density at radius 1 is 1.36 bits per heavy atom. The first-order chi connectivity index (χ1) is 10.5. The molecule has 6 heteroatoms. The van der Waals surface area contributed by atoms with E-state index in [9.17, 15) is 9.59 Å². The normalized spacial score (nSPS) is 10.4. The highest BCUT2D eigenvalue weighted by atomic mass is 32.1. The second-order valence-corrected chi connectivity index (χ2v) is 6.09. The average Bonchev–Trinajstić information content (AvgIpc) is 2.84. The zero-order valence-electron chi connectivity index (χ0n) is 12.3. The van der Waals surface area contributed by atoms with Gasteiger partial charge in [-0.15, -0.1) is 11.3 Å². The molecule has 0 spiro atoms. The molecule has 0 atom stereocenters. The molecule has 22 heavy (non-hydrogen) atoms. The Kier molecular flexibility index (Phi) is 5.66. The molecule has 0 saturated carbocycles. The highest BCUT2D eigenvalue weighted by molar-refractivity contribution is 7.09. The molecule has 2 aromatic rings. The van der Waals surface area contributed by atoms with Crippen molar-refractivity contribution in [2.45, 2.75) is 32.6 Å². The molecular weight excluding hydrogens is 300 g/mol. The Bertz CT molecular complexity index is 667. The molecule has 0 aliphatic rings. The standard InChI is InChI=1S/C16H18N2O3S/c1-11-17-14(10-22-11)6-3-7-15(19)18-13-5-2-4-12(8-13)9-16(20)21/h2,4-5,8,10H,3,6-7,9H2,1H3,(H,18,19)(H,20,21). The van der Waals surface area contributed by atoms with Gasteiger partial charge in [0, 0.05) is 17.5 Å². The summed E-state index contributed by atoms with van der Waals surface area (Å²) >= 11 is 1.61. The van der Waals surface area contributed by atoms with Crippen molar-refractivity contribution in [2.24, 2.45) is 0 Å². The summed E-state index contributed by atoms with van der Waals surface area (Å²) < 4.78 is 0. The second-order valence-electron chi connectivity index (χ2n) is 5.03. The molecule has 0 unspecified atom stereocenters. The van der Waals surface area contributed by atoms with Gasteiger partial charge < -0.3 is 10.4 Å². The predicted octanol–water partition coefficient (Wildman–Crippen LogP) is 3.04. The summed E-state index contributed by atoms with van der Waals surface area (Å²) in [6.45, 7) is 1.96. The fourth-order valence-electron chi connectivity index (χ4n) is 2.11. The lowest BCUT2D eigenvalue weighted by Gasteiger charge is -2.06. The van der Waals surface area contributed by atoms with Gasteiger partial charge in [-0.25, -0.2) is 4.98 Å². The molecule has 1 aromatic heterocycles. The number of rotatable bonds is 7. The number of aryl methyl sites for hydroxylation is 2. The summed E-state index contributed by atoms with van der Waals surface area (Å²) in [4.78, 5) is 26.9. The molecule has 1 aromatic carbocycles. The van der Waals surface area contributed by atoms with Crippen molar-refractivity contribution in [1.82, 2.24) is 4.98 Å². The van der Waals surface area contributed by atoms with Gasteiger partial charge in [-0.2, -0.15) is 0 Å². The van der Waals surface area contributed by atoms with Gasteiger partial charge in [-0.3, -0.25) is 9.59 Å². The largest absolute Gasteiger partial charge is 0.481 e. The number of hydrogen-bond acceptors (Lipinski definition) is 4. The second kappa shape index (κ2) is 7.70. The molecule has 0 aliphatic carbocycles. The van der Waals surface area contributed by atoms with Crippen molar-refractivity contribution >= 4 is 28.9 Å². The van der Waals surface area contributed by atoms with Gasteiger partial charge in [-0.1, -0.05) is 12.1 Å². The molecule has 0 aliphatic heterocycles. The van der Waals surface area contributed by atoms with E-state index in [1.54, 1.807) is 35.6 Å². The Balaban J connectivity index is 1.80. The summed E-state index contributed by atoms with van der Waals surface area (Å²) in [6.07, 6.45) is 1.90. The van der Waals surface area contributed by atoms with E-state index >= 15 is 0 Å². The number of benzene rings is 1. The summed E-state index contributed by atoms with van der Waals surface area (Å²) in [5.74, 6) is -0.957. The van der Waals surface area contributed by atoms with Crippen LogP contribution in [0.2, 0.25) is 0 Å².